The Balaban J connectivity index is 2.46. The summed E-state index contributed by atoms with van der Waals surface area (Å²) in [4.78, 5) is 4.18. The molecule has 0 aliphatic heterocycles. The van der Waals surface area contributed by atoms with Crippen molar-refractivity contribution in [2.45, 2.75) is 39.3 Å². The van der Waals surface area contributed by atoms with Crippen LogP contribution in [0.4, 0.5) is 0 Å². The summed E-state index contributed by atoms with van der Waals surface area (Å²) in [5.41, 5.74) is 6.67. The van der Waals surface area contributed by atoms with Gasteiger partial charge >= 0.3 is 0 Å². The van der Waals surface area contributed by atoms with Gasteiger partial charge in [-0.2, -0.15) is 0 Å². The lowest BCUT2D eigenvalue weighted by molar-refractivity contribution is 0.179. The Bertz CT molecular complexity index is 387. The Kier molecular flexibility index (Phi) is 5.64. The highest BCUT2D eigenvalue weighted by atomic mass is 16.5. The molecule has 0 aliphatic carbocycles. The van der Waals surface area contributed by atoms with Crippen molar-refractivity contribution in [2.24, 2.45) is 10.7 Å². The molecule has 1 atom stereocenters. The number of hydrogen-bond acceptors (Lipinski definition) is 4. The molecule has 6 nitrogen and oxygen atoms in total. The van der Waals surface area contributed by atoms with Crippen LogP contribution in [-0.4, -0.2) is 30.9 Å². The number of nitrogens with two attached hydrogens (primary N) is 1. The van der Waals surface area contributed by atoms with Crippen LogP contribution in [-0.2, 0) is 11.3 Å². The fraction of sp³-hybridized carbons (Fsp3) is 0.667. The molecular formula is C12H22N4O2. The van der Waals surface area contributed by atoms with E-state index in [0.717, 1.165) is 5.69 Å². The summed E-state index contributed by atoms with van der Waals surface area (Å²) >= 11 is 0. The van der Waals surface area contributed by atoms with Crippen LogP contribution in [0.3, 0.4) is 0 Å². The molecule has 0 aromatic carbocycles. The summed E-state index contributed by atoms with van der Waals surface area (Å²) < 4.78 is 10.2. The quantitative estimate of drug-likeness (QED) is 0.589. The lowest BCUT2D eigenvalue weighted by Crippen LogP contribution is -2.40. The van der Waals surface area contributed by atoms with Gasteiger partial charge in [-0.25, -0.2) is 4.99 Å². The summed E-state index contributed by atoms with van der Waals surface area (Å²) in [5, 5.41) is 6.98. The first kappa shape index (κ1) is 14.5. The molecule has 0 amide bonds. The molecule has 0 spiro atoms. The maximum Gasteiger partial charge on any atom is 0.189 e. The summed E-state index contributed by atoms with van der Waals surface area (Å²) in [6.45, 7) is 7.06. The van der Waals surface area contributed by atoms with Gasteiger partial charge < -0.3 is 20.3 Å². The van der Waals surface area contributed by atoms with Gasteiger partial charge in [-0.05, 0) is 12.8 Å². The largest absolute Gasteiger partial charge is 0.383 e. The zero-order chi connectivity index (χ0) is 13.5. The van der Waals surface area contributed by atoms with E-state index in [1.165, 1.54) is 0 Å². The zero-order valence-electron chi connectivity index (χ0n) is 11.4. The third-order valence-electron chi connectivity index (χ3n) is 2.38. The molecule has 0 fully saturated rings. The van der Waals surface area contributed by atoms with E-state index in [0.29, 0.717) is 30.8 Å². The van der Waals surface area contributed by atoms with Crippen molar-refractivity contribution in [2.75, 3.05) is 13.7 Å². The van der Waals surface area contributed by atoms with Crippen LogP contribution in [0.2, 0.25) is 0 Å². The fourth-order valence-electron chi connectivity index (χ4n) is 1.43. The van der Waals surface area contributed by atoms with Gasteiger partial charge in [-0.3, -0.25) is 0 Å². The highest BCUT2D eigenvalue weighted by Gasteiger charge is 2.07. The first-order valence-electron chi connectivity index (χ1n) is 6.03. The lowest BCUT2D eigenvalue weighted by Gasteiger charge is -2.12. The van der Waals surface area contributed by atoms with Gasteiger partial charge in [0.15, 0.2) is 11.7 Å². The number of aliphatic imine (C=N–C) groups is 1. The smallest absolute Gasteiger partial charge is 0.189 e. The number of ether oxygens (including phenoxy) is 1. The van der Waals surface area contributed by atoms with Crippen molar-refractivity contribution < 1.29 is 9.26 Å². The van der Waals surface area contributed by atoms with Gasteiger partial charge in [0.2, 0.25) is 0 Å². The lowest BCUT2D eigenvalue weighted by atomic mass is 10.1. The number of methoxy groups -OCH3 is 1. The van der Waals surface area contributed by atoms with E-state index in [9.17, 15) is 0 Å². The second-order valence-electron chi connectivity index (χ2n) is 4.57. The van der Waals surface area contributed by atoms with Crippen molar-refractivity contribution in [1.82, 2.24) is 10.5 Å². The molecule has 0 radical (unpaired) electrons. The molecule has 0 saturated heterocycles. The van der Waals surface area contributed by atoms with Crippen LogP contribution in [0, 0.1) is 0 Å². The van der Waals surface area contributed by atoms with Gasteiger partial charge in [0.1, 0.15) is 6.54 Å². The van der Waals surface area contributed by atoms with E-state index in [1.807, 2.05) is 13.0 Å². The minimum Gasteiger partial charge on any atom is -0.383 e. The van der Waals surface area contributed by atoms with Gasteiger partial charge in [0.25, 0.3) is 0 Å². The average molecular weight is 254 g/mol. The standard InChI is InChI=1S/C12H22N4O2/c1-8(2)11-5-10(18-16-11)6-14-12(13)15-9(3)7-17-4/h5,8-9H,6-7H2,1-4H3,(H3,13,14,15). The minimum absolute atomic E-state index is 0.125. The van der Waals surface area contributed by atoms with E-state index in [-0.39, 0.29) is 6.04 Å². The third-order valence-corrected chi connectivity index (χ3v) is 2.38. The molecule has 6 heteroatoms. The van der Waals surface area contributed by atoms with Crippen molar-refractivity contribution >= 4 is 5.96 Å². The molecule has 1 aromatic heterocycles. The Hall–Kier alpha value is -1.56. The normalized spacial score (nSPS) is 13.9. The molecule has 1 heterocycles. The van der Waals surface area contributed by atoms with Gasteiger partial charge in [0, 0.05) is 19.2 Å². The van der Waals surface area contributed by atoms with E-state index in [1.54, 1.807) is 7.11 Å². The highest BCUT2D eigenvalue weighted by Crippen LogP contribution is 2.14. The number of hydrogen-bond donors (Lipinski definition) is 2. The fourth-order valence-corrected chi connectivity index (χ4v) is 1.43. The first-order chi connectivity index (χ1) is 8.52. The van der Waals surface area contributed by atoms with Crippen molar-refractivity contribution in [3.63, 3.8) is 0 Å². The SMILES string of the molecule is COCC(C)NC(N)=NCc1cc(C(C)C)no1. The molecule has 0 aliphatic rings. The molecule has 1 rings (SSSR count). The minimum atomic E-state index is 0.125. The van der Waals surface area contributed by atoms with Crippen molar-refractivity contribution in [3.8, 4) is 0 Å². The van der Waals surface area contributed by atoms with Crippen molar-refractivity contribution in [3.05, 3.63) is 17.5 Å². The third kappa shape index (κ3) is 4.75. The van der Waals surface area contributed by atoms with Gasteiger partial charge in [-0.1, -0.05) is 19.0 Å². The summed E-state index contributed by atoms with van der Waals surface area (Å²) in [6, 6.07) is 2.03. The topological polar surface area (TPSA) is 85.7 Å². The average Bonchev–Trinajstić information content (AvgIpc) is 2.75. The number of guanidine groups is 1. The van der Waals surface area contributed by atoms with E-state index < -0.39 is 0 Å². The predicted octanol–water partition coefficient (Wildman–Crippen LogP) is 1.24. The molecule has 0 bridgehead atoms. The van der Waals surface area contributed by atoms with Crippen LogP contribution < -0.4 is 11.1 Å². The number of aromatic nitrogens is 1. The van der Waals surface area contributed by atoms with E-state index >= 15 is 0 Å². The zero-order valence-corrected chi connectivity index (χ0v) is 11.4. The molecular weight excluding hydrogens is 232 g/mol. The Labute approximate surface area is 108 Å². The van der Waals surface area contributed by atoms with Crippen LogP contribution in [0.1, 0.15) is 38.1 Å². The highest BCUT2D eigenvalue weighted by molar-refractivity contribution is 5.78. The molecule has 0 saturated carbocycles. The Morgan fingerprint density at radius 2 is 2.28 bits per heavy atom. The number of rotatable bonds is 6. The number of nitrogens with one attached hydrogen (secondary N) is 1. The van der Waals surface area contributed by atoms with Crippen LogP contribution >= 0.6 is 0 Å². The molecule has 3 N–H and O–H groups in total. The van der Waals surface area contributed by atoms with E-state index in [4.69, 9.17) is 15.0 Å². The second kappa shape index (κ2) is 7.00. The van der Waals surface area contributed by atoms with Crippen molar-refractivity contribution in [1.29, 1.82) is 0 Å². The summed E-state index contributed by atoms with van der Waals surface area (Å²) in [7, 11) is 1.65. The number of nitrogens with zero attached hydrogens (tertiary/aromatic N) is 2. The van der Waals surface area contributed by atoms with Crippen LogP contribution in [0.5, 0.6) is 0 Å². The summed E-state index contributed by atoms with van der Waals surface area (Å²) in [5.74, 6) is 1.44. The van der Waals surface area contributed by atoms with Crippen LogP contribution in [0.25, 0.3) is 0 Å². The second-order valence-corrected chi connectivity index (χ2v) is 4.57. The summed E-state index contributed by atoms with van der Waals surface area (Å²) in [6.07, 6.45) is 0. The molecule has 1 aromatic rings. The van der Waals surface area contributed by atoms with E-state index in [2.05, 4.69) is 29.3 Å². The van der Waals surface area contributed by atoms with Crippen LogP contribution in [0.15, 0.2) is 15.6 Å². The maximum absolute atomic E-state index is 5.74. The molecule has 102 valence electrons. The Morgan fingerprint density at radius 1 is 1.56 bits per heavy atom. The first-order valence-corrected chi connectivity index (χ1v) is 6.03. The van der Waals surface area contributed by atoms with Gasteiger partial charge in [-0.15, -0.1) is 0 Å². The monoisotopic (exact) mass is 254 g/mol. The Morgan fingerprint density at radius 3 is 2.83 bits per heavy atom. The maximum atomic E-state index is 5.74. The van der Waals surface area contributed by atoms with Gasteiger partial charge in [0.05, 0.1) is 12.3 Å². The molecule has 1 unspecified atom stereocenters. The molecule has 18 heavy (non-hydrogen) atoms. The predicted molar refractivity (Wildman–Crippen MR) is 70.4 cm³/mol.